The van der Waals surface area contributed by atoms with Gasteiger partial charge in [0, 0.05) is 6.20 Å². The third kappa shape index (κ3) is 6.00. The molecule has 0 amide bonds. The second-order valence-electron chi connectivity index (χ2n) is 7.48. The standard InChI is InChI=1S/C24H29N3O3/c1-3-30-24(29)14-21(20-10-9-18(2)22(13-20)17-28)11-12-23-16-27(26-25-23)15-19-7-5-4-6-8-19/h4-10,13,16,21,28H,3,11-12,14-15,17H2,1-2H3. The van der Waals surface area contributed by atoms with Crippen molar-refractivity contribution in [3.63, 3.8) is 0 Å². The number of nitrogens with zero attached hydrogens (tertiary/aromatic N) is 3. The summed E-state index contributed by atoms with van der Waals surface area (Å²) in [5, 5.41) is 18.1. The molecule has 6 heteroatoms. The summed E-state index contributed by atoms with van der Waals surface area (Å²) in [6.07, 6.45) is 3.72. The van der Waals surface area contributed by atoms with Crippen molar-refractivity contribution in [3.05, 3.63) is 82.7 Å². The van der Waals surface area contributed by atoms with Crippen molar-refractivity contribution in [3.8, 4) is 0 Å². The highest BCUT2D eigenvalue weighted by Crippen LogP contribution is 2.27. The lowest BCUT2D eigenvalue weighted by Gasteiger charge is -2.18. The van der Waals surface area contributed by atoms with Gasteiger partial charge in [-0.05, 0) is 54.9 Å². The summed E-state index contributed by atoms with van der Waals surface area (Å²) in [4.78, 5) is 12.2. The minimum Gasteiger partial charge on any atom is -0.466 e. The first kappa shape index (κ1) is 21.7. The normalized spacial score (nSPS) is 12.0. The molecule has 1 heterocycles. The van der Waals surface area contributed by atoms with E-state index in [0.29, 0.717) is 26.0 Å². The van der Waals surface area contributed by atoms with E-state index in [1.807, 2.05) is 61.1 Å². The van der Waals surface area contributed by atoms with Gasteiger partial charge in [0.25, 0.3) is 0 Å². The maximum atomic E-state index is 12.2. The SMILES string of the molecule is CCOC(=O)CC(CCc1cn(Cc2ccccc2)nn1)c1ccc(C)c(CO)c1. The number of rotatable bonds is 10. The molecule has 3 aromatic rings. The van der Waals surface area contributed by atoms with E-state index in [2.05, 4.69) is 22.4 Å². The molecule has 0 saturated carbocycles. The maximum Gasteiger partial charge on any atom is 0.306 e. The van der Waals surface area contributed by atoms with Crippen LogP contribution in [0.4, 0.5) is 0 Å². The fourth-order valence-corrected chi connectivity index (χ4v) is 3.55. The molecule has 30 heavy (non-hydrogen) atoms. The molecule has 1 aromatic heterocycles. The molecule has 1 atom stereocenters. The van der Waals surface area contributed by atoms with Crippen LogP contribution in [0.5, 0.6) is 0 Å². The van der Waals surface area contributed by atoms with E-state index in [0.717, 1.165) is 28.8 Å². The lowest BCUT2D eigenvalue weighted by Crippen LogP contribution is -2.12. The van der Waals surface area contributed by atoms with E-state index in [1.54, 1.807) is 0 Å². The van der Waals surface area contributed by atoms with Crippen molar-refractivity contribution in [1.82, 2.24) is 15.0 Å². The Balaban J connectivity index is 1.69. The first-order chi connectivity index (χ1) is 14.6. The van der Waals surface area contributed by atoms with Gasteiger partial charge in [0.05, 0.1) is 31.9 Å². The molecule has 0 saturated heterocycles. The van der Waals surface area contributed by atoms with E-state index in [9.17, 15) is 9.90 Å². The van der Waals surface area contributed by atoms with Gasteiger partial charge in [0.1, 0.15) is 0 Å². The zero-order valence-corrected chi connectivity index (χ0v) is 17.6. The van der Waals surface area contributed by atoms with Crippen LogP contribution in [-0.2, 0) is 29.1 Å². The van der Waals surface area contributed by atoms with Crippen molar-refractivity contribution < 1.29 is 14.6 Å². The van der Waals surface area contributed by atoms with Gasteiger partial charge in [-0.15, -0.1) is 5.10 Å². The van der Waals surface area contributed by atoms with E-state index in [4.69, 9.17) is 4.74 Å². The molecule has 0 aliphatic carbocycles. The average molecular weight is 408 g/mol. The number of esters is 1. The fraction of sp³-hybridized carbons (Fsp3) is 0.375. The number of aliphatic hydroxyl groups excluding tert-OH is 1. The Labute approximate surface area is 177 Å². The lowest BCUT2D eigenvalue weighted by molar-refractivity contribution is -0.143. The van der Waals surface area contributed by atoms with Crippen LogP contribution >= 0.6 is 0 Å². The van der Waals surface area contributed by atoms with E-state index in [-0.39, 0.29) is 18.5 Å². The van der Waals surface area contributed by atoms with Crippen LogP contribution in [0.25, 0.3) is 0 Å². The van der Waals surface area contributed by atoms with Gasteiger partial charge in [0.15, 0.2) is 0 Å². The molecule has 0 bridgehead atoms. The maximum absolute atomic E-state index is 12.2. The van der Waals surface area contributed by atoms with Crippen LogP contribution < -0.4 is 0 Å². The van der Waals surface area contributed by atoms with E-state index < -0.39 is 0 Å². The van der Waals surface area contributed by atoms with Gasteiger partial charge < -0.3 is 9.84 Å². The van der Waals surface area contributed by atoms with Crippen molar-refractivity contribution >= 4 is 5.97 Å². The molecule has 0 aliphatic heterocycles. The van der Waals surface area contributed by atoms with Gasteiger partial charge in [-0.1, -0.05) is 53.7 Å². The van der Waals surface area contributed by atoms with E-state index in [1.165, 1.54) is 5.56 Å². The predicted octanol–water partition coefficient (Wildman–Crippen LogP) is 3.80. The quantitative estimate of drug-likeness (QED) is 0.517. The third-order valence-corrected chi connectivity index (χ3v) is 5.26. The molecule has 0 fully saturated rings. The zero-order valence-electron chi connectivity index (χ0n) is 17.6. The summed E-state index contributed by atoms with van der Waals surface area (Å²) >= 11 is 0. The molecule has 1 N–H and O–H groups in total. The molecular formula is C24H29N3O3. The Morgan fingerprint density at radius 3 is 2.73 bits per heavy atom. The van der Waals surface area contributed by atoms with Gasteiger partial charge in [0.2, 0.25) is 0 Å². The Bertz CT molecular complexity index is 953. The van der Waals surface area contributed by atoms with Gasteiger partial charge in [-0.3, -0.25) is 4.79 Å². The van der Waals surface area contributed by atoms with Gasteiger partial charge in [-0.25, -0.2) is 4.68 Å². The fourth-order valence-electron chi connectivity index (χ4n) is 3.55. The molecule has 0 radical (unpaired) electrons. The number of aromatic nitrogens is 3. The highest BCUT2D eigenvalue weighted by Gasteiger charge is 2.19. The molecule has 158 valence electrons. The Hall–Kier alpha value is -2.99. The lowest BCUT2D eigenvalue weighted by atomic mass is 9.88. The summed E-state index contributed by atoms with van der Waals surface area (Å²) in [7, 11) is 0. The van der Waals surface area contributed by atoms with Crippen LogP contribution in [0.3, 0.4) is 0 Å². The summed E-state index contributed by atoms with van der Waals surface area (Å²) < 4.78 is 7.01. The highest BCUT2D eigenvalue weighted by atomic mass is 16.5. The van der Waals surface area contributed by atoms with Gasteiger partial charge >= 0.3 is 5.97 Å². The number of carbonyl (C=O) groups excluding carboxylic acids is 1. The van der Waals surface area contributed by atoms with Crippen LogP contribution in [0.15, 0.2) is 54.7 Å². The second kappa shape index (κ2) is 10.7. The summed E-state index contributed by atoms with van der Waals surface area (Å²) in [5.74, 6) is -0.212. The van der Waals surface area contributed by atoms with Crippen molar-refractivity contribution in [2.75, 3.05) is 6.61 Å². The van der Waals surface area contributed by atoms with Crippen molar-refractivity contribution in [2.45, 2.75) is 52.2 Å². The minimum atomic E-state index is -0.207. The first-order valence-corrected chi connectivity index (χ1v) is 10.4. The average Bonchev–Trinajstić information content (AvgIpc) is 3.19. The minimum absolute atomic E-state index is 0.00535. The third-order valence-electron chi connectivity index (χ3n) is 5.26. The van der Waals surface area contributed by atoms with Crippen LogP contribution in [-0.4, -0.2) is 32.7 Å². The van der Waals surface area contributed by atoms with Crippen molar-refractivity contribution in [1.29, 1.82) is 0 Å². The number of hydrogen-bond donors (Lipinski definition) is 1. The van der Waals surface area contributed by atoms with Crippen LogP contribution in [0, 0.1) is 6.92 Å². The number of aliphatic hydroxyl groups is 1. The van der Waals surface area contributed by atoms with Crippen LogP contribution in [0.2, 0.25) is 0 Å². The number of carbonyl (C=O) groups is 1. The molecule has 2 aromatic carbocycles. The van der Waals surface area contributed by atoms with Crippen LogP contribution in [0.1, 0.15) is 53.6 Å². The second-order valence-corrected chi connectivity index (χ2v) is 7.48. The first-order valence-electron chi connectivity index (χ1n) is 10.4. The predicted molar refractivity (Wildman–Crippen MR) is 115 cm³/mol. The Kier molecular flexibility index (Phi) is 7.74. The Morgan fingerprint density at radius 2 is 2.00 bits per heavy atom. The molecular weight excluding hydrogens is 378 g/mol. The molecule has 0 spiro atoms. The molecule has 1 unspecified atom stereocenters. The Morgan fingerprint density at radius 1 is 1.20 bits per heavy atom. The monoisotopic (exact) mass is 407 g/mol. The number of benzene rings is 2. The molecule has 3 rings (SSSR count). The zero-order chi connectivity index (χ0) is 21.3. The number of aryl methyl sites for hydroxylation is 2. The summed E-state index contributed by atoms with van der Waals surface area (Å²) in [6, 6.07) is 16.2. The summed E-state index contributed by atoms with van der Waals surface area (Å²) in [5.41, 5.74) is 5.03. The topological polar surface area (TPSA) is 77.2 Å². The highest BCUT2D eigenvalue weighted by molar-refractivity contribution is 5.70. The smallest absolute Gasteiger partial charge is 0.306 e. The van der Waals surface area contributed by atoms with Gasteiger partial charge in [-0.2, -0.15) is 0 Å². The van der Waals surface area contributed by atoms with Crippen molar-refractivity contribution in [2.24, 2.45) is 0 Å². The number of hydrogen-bond acceptors (Lipinski definition) is 5. The molecule has 6 nitrogen and oxygen atoms in total. The largest absolute Gasteiger partial charge is 0.466 e. The van der Waals surface area contributed by atoms with E-state index >= 15 is 0 Å². The number of ether oxygens (including phenoxy) is 1. The molecule has 0 aliphatic rings. The summed E-state index contributed by atoms with van der Waals surface area (Å²) in [6.45, 7) is 4.82.